The summed E-state index contributed by atoms with van der Waals surface area (Å²) in [4.78, 5) is 23.9. The molecule has 2 aromatic rings. The summed E-state index contributed by atoms with van der Waals surface area (Å²) in [6.45, 7) is 5.70. The van der Waals surface area contributed by atoms with Crippen molar-refractivity contribution in [2.75, 3.05) is 27.4 Å². The van der Waals surface area contributed by atoms with Gasteiger partial charge in [-0.15, -0.1) is 0 Å². The molecule has 2 aromatic carbocycles. The highest BCUT2D eigenvalue weighted by molar-refractivity contribution is 5.80. The molecule has 30 heavy (non-hydrogen) atoms. The molecule has 1 amide bonds. The van der Waals surface area contributed by atoms with Crippen molar-refractivity contribution in [3.63, 3.8) is 0 Å². The third-order valence-corrected chi connectivity index (χ3v) is 4.44. The normalized spacial score (nSPS) is 10.5. The van der Waals surface area contributed by atoms with Crippen LogP contribution in [-0.4, -0.2) is 39.3 Å². The van der Waals surface area contributed by atoms with Gasteiger partial charge in [-0.1, -0.05) is 32.0 Å². The number of hydrogen-bond donors (Lipinski definition) is 1. The molecule has 0 aliphatic heterocycles. The molecule has 162 valence electrons. The van der Waals surface area contributed by atoms with Crippen LogP contribution in [0.3, 0.4) is 0 Å². The fourth-order valence-corrected chi connectivity index (χ4v) is 2.81. The van der Waals surface area contributed by atoms with Gasteiger partial charge in [0.15, 0.2) is 24.7 Å². The largest absolute Gasteiger partial charge is 0.493 e. The number of amides is 1. The maximum absolute atomic E-state index is 12.0. The second-order valence-electron chi connectivity index (χ2n) is 7.11. The number of carbonyl (C=O) groups is 2. The van der Waals surface area contributed by atoms with Crippen molar-refractivity contribution in [3.8, 4) is 17.2 Å². The van der Waals surface area contributed by atoms with E-state index < -0.39 is 11.9 Å². The molecule has 7 nitrogen and oxygen atoms in total. The number of esters is 1. The molecule has 0 unspecified atom stereocenters. The summed E-state index contributed by atoms with van der Waals surface area (Å²) in [5.41, 5.74) is 2.88. The Labute approximate surface area is 177 Å². The zero-order chi connectivity index (χ0) is 22.1. The lowest BCUT2D eigenvalue weighted by molar-refractivity contribution is -0.150. The number of benzene rings is 2. The first-order chi connectivity index (χ1) is 14.3. The maximum Gasteiger partial charge on any atom is 0.344 e. The number of nitrogens with one attached hydrogen (secondary N) is 1. The Morgan fingerprint density at radius 1 is 0.933 bits per heavy atom. The molecule has 0 radical (unpaired) electrons. The molecular formula is C23H29NO6. The summed E-state index contributed by atoms with van der Waals surface area (Å²) < 4.78 is 21.0. The molecule has 0 bridgehead atoms. The van der Waals surface area contributed by atoms with Gasteiger partial charge in [0, 0.05) is 6.54 Å². The van der Waals surface area contributed by atoms with E-state index in [1.807, 2.05) is 31.2 Å². The van der Waals surface area contributed by atoms with Crippen LogP contribution in [0.2, 0.25) is 0 Å². The van der Waals surface area contributed by atoms with Crippen LogP contribution in [0.25, 0.3) is 0 Å². The van der Waals surface area contributed by atoms with Gasteiger partial charge in [0.1, 0.15) is 5.75 Å². The highest BCUT2D eigenvalue weighted by Crippen LogP contribution is 2.28. The van der Waals surface area contributed by atoms with Crippen LogP contribution in [0.1, 0.15) is 36.5 Å². The summed E-state index contributed by atoms with van der Waals surface area (Å²) in [5.74, 6) is 1.09. The van der Waals surface area contributed by atoms with Gasteiger partial charge in [0.05, 0.1) is 14.2 Å². The predicted octanol–water partition coefficient (Wildman–Crippen LogP) is 3.37. The van der Waals surface area contributed by atoms with Gasteiger partial charge in [-0.2, -0.15) is 0 Å². The first-order valence-corrected chi connectivity index (χ1v) is 9.70. The van der Waals surface area contributed by atoms with E-state index in [9.17, 15) is 9.59 Å². The Balaban J connectivity index is 1.79. The zero-order valence-electron chi connectivity index (χ0n) is 18.1. The number of rotatable bonds is 10. The second kappa shape index (κ2) is 11.1. The van der Waals surface area contributed by atoms with Crippen LogP contribution in [-0.2, 0) is 20.9 Å². The minimum atomic E-state index is -0.604. The lowest BCUT2D eigenvalue weighted by Gasteiger charge is -2.14. The summed E-state index contributed by atoms with van der Waals surface area (Å²) in [5, 5.41) is 2.70. The number of carbonyl (C=O) groups excluding carboxylic acids is 2. The summed E-state index contributed by atoms with van der Waals surface area (Å²) in [6, 6.07) is 11.2. The van der Waals surface area contributed by atoms with Crippen LogP contribution in [0, 0.1) is 6.92 Å². The monoisotopic (exact) mass is 415 g/mol. The Morgan fingerprint density at radius 2 is 1.67 bits per heavy atom. The molecule has 0 spiro atoms. The third-order valence-electron chi connectivity index (χ3n) is 4.44. The molecule has 0 atom stereocenters. The predicted molar refractivity (Wildman–Crippen MR) is 113 cm³/mol. The quantitative estimate of drug-likeness (QED) is 0.599. The highest BCUT2D eigenvalue weighted by atomic mass is 16.6. The van der Waals surface area contributed by atoms with Gasteiger partial charge < -0.3 is 24.3 Å². The van der Waals surface area contributed by atoms with Gasteiger partial charge in [-0.25, -0.2) is 4.79 Å². The first kappa shape index (κ1) is 23.1. The lowest BCUT2D eigenvalue weighted by atomic mass is 10.0. The molecule has 0 saturated heterocycles. The molecule has 0 aliphatic rings. The Hall–Kier alpha value is -3.22. The standard InChI is InChI=1S/C23H29NO6/c1-15(2)18-8-6-16(3)10-20(18)29-14-23(26)30-13-22(25)24-12-17-7-9-19(27-4)21(11-17)28-5/h6-11,15H,12-14H2,1-5H3,(H,24,25). The molecule has 1 N–H and O–H groups in total. The molecule has 2 rings (SSSR count). The third kappa shape index (κ3) is 6.69. The Bertz CT molecular complexity index is 878. The van der Waals surface area contributed by atoms with Crippen molar-refractivity contribution < 1.29 is 28.5 Å². The van der Waals surface area contributed by atoms with E-state index in [2.05, 4.69) is 19.2 Å². The second-order valence-corrected chi connectivity index (χ2v) is 7.11. The minimum absolute atomic E-state index is 0.258. The fourth-order valence-electron chi connectivity index (χ4n) is 2.81. The smallest absolute Gasteiger partial charge is 0.344 e. The highest BCUT2D eigenvalue weighted by Gasteiger charge is 2.13. The number of methoxy groups -OCH3 is 2. The van der Waals surface area contributed by atoms with Crippen molar-refractivity contribution in [1.29, 1.82) is 0 Å². The van der Waals surface area contributed by atoms with E-state index in [1.54, 1.807) is 26.4 Å². The van der Waals surface area contributed by atoms with Gasteiger partial charge in [0.25, 0.3) is 5.91 Å². The van der Waals surface area contributed by atoms with Crippen molar-refractivity contribution in [1.82, 2.24) is 5.32 Å². The van der Waals surface area contributed by atoms with Crippen molar-refractivity contribution in [3.05, 3.63) is 53.1 Å². The zero-order valence-corrected chi connectivity index (χ0v) is 18.1. The van der Waals surface area contributed by atoms with E-state index in [0.717, 1.165) is 16.7 Å². The molecular weight excluding hydrogens is 386 g/mol. The van der Waals surface area contributed by atoms with Crippen molar-refractivity contribution in [2.24, 2.45) is 0 Å². The van der Waals surface area contributed by atoms with E-state index in [1.165, 1.54) is 0 Å². The van der Waals surface area contributed by atoms with Crippen molar-refractivity contribution >= 4 is 11.9 Å². The average Bonchev–Trinajstić information content (AvgIpc) is 2.74. The van der Waals surface area contributed by atoms with Gasteiger partial charge in [0.2, 0.25) is 0 Å². The SMILES string of the molecule is COc1ccc(CNC(=O)COC(=O)COc2cc(C)ccc2C(C)C)cc1OC. The molecule has 0 saturated carbocycles. The summed E-state index contributed by atoms with van der Waals surface area (Å²) in [7, 11) is 3.10. The Kier molecular flexibility index (Phi) is 8.53. The molecule has 7 heteroatoms. The van der Waals surface area contributed by atoms with Crippen LogP contribution in [0.15, 0.2) is 36.4 Å². The molecule has 0 aliphatic carbocycles. The van der Waals surface area contributed by atoms with Gasteiger partial charge in [-0.05, 0) is 47.7 Å². The van der Waals surface area contributed by atoms with E-state index in [0.29, 0.717) is 17.2 Å². The molecule has 0 heterocycles. The van der Waals surface area contributed by atoms with Gasteiger partial charge >= 0.3 is 5.97 Å². The molecule has 0 aromatic heterocycles. The van der Waals surface area contributed by atoms with E-state index in [4.69, 9.17) is 18.9 Å². The number of ether oxygens (including phenoxy) is 4. The van der Waals surface area contributed by atoms with E-state index in [-0.39, 0.29) is 25.7 Å². The lowest BCUT2D eigenvalue weighted by Crippen LogP contribution is -2.29. The van der Waals surface area contributed by atoms with Crippen LogP contribution in [0.5, 0.6) is 17.2 Å². The minimum Gasteiger partial charge on any atom is -0.493 e. The van der Waals surface area contributed by atoms with E-state index >= 15 is 0 Å². The number of hydrogen-bond acceptors (Lipinski definition) is 6. The fraction of sp³-hybridized carbons (Fsp3) is 0.391. The van der Waals surface area contributed by atoms with Crippen molar-refractivity contribution in [2.45, 2.75) is 33.2 Å². The average molecular weight is 415 g/mol. The van der Waals surface area contributed by atoms with Crippen LogP contribution >= 0.6 is 0 Å². The van der Waals surface area contributed by atoms with Crippen LogP contribution in [0.4, 0.5) is 0 Å². The molecule has 0 fully saturated rings. The summed E-state index contributed by atoms with van der Waals surface area (Å²) >= 11 is 0. The Morgan fingerprint density at radius 3 is 2.33 bits per heavy atom. The summed E-state index contributed by atoms with van der Waals surface area (Å²) in [6.07, 6.45) is 0. The first-order valence-electron chi connectivity index (χ1n) is 9.70. The van der Waals surface area contributed by atoms with Gasteiger partial charge in [-0.3, -0.25) is 4.79 Å². The number of aryl methyl sites for hydroxylation is 1. The topological polar surface area (TPSA) is 83.1 Å². The maximum atomic E-state index is 12.0. The van der Waals surface area contributed by atoms with Crippen LogP contribution < -0.4 is 19.5 Å².